The Morgan fingerprint density at radius 2 is 1.86 bits per heavy atom. The van der Waals surface area contributed by atoms with E-state index in [-0.39, 0.29) is 11.2 Å². The second-order valence-electron chi connectivity index (χ2n) is 3.18. The van der Waals surface area contributed by atoms with Crippen LogP contribution in [-0.2, 0) is 32.6 Å². The molecule has 16 heteroatoms. The smallest absolute Gasteiger partial charge is 0.382 e. The fourth-order valence-corrected chi connectivity index (χ4v) is 2.72. The molecule has 0 aliphatic rings. The minimum atomic E-state index is -4.96. The third kappa shape index (κ3) is 3.31. The quantitative estimate of drug-likeness (QED) is 0.711. The summed E-state index contributed by atoms with van der Waals surface area (Å²) in [5, 5.41) is 0. The lowest BCUT2D eigenvalue weighted by molar-refractivity contribution is 0.368. The first kappa shape index (κ1) is 15.3. The highest BCUT2D eigenvalue weighted by Gasteiger charge is 2.22. The minimum absolute atomic E-state index is 0.188. The molecule has 13 nitrogen and oxygen atoms in total. The molecule has 2 heterocycles. The van der Waals surface area contributed by atoms with Crippen molar-refractivity contribution in [3.05, 3.63) is 6.33 Å². The molecule has 0 amide bonds. The first-order valence-electron chi connectivity index (χ1n) is 4.63. The number of anilines is 1. The molecule has 0 spiro atoms. The summed E-state index contributed by atoms with van der Waals surface area (Å²) in [7, 11) is -11.8. The maximum atomic E-state index is 11.1. The van der Waals surface area contributed by atoms with Crippen molar-refractivity contribution in [2.75, 3.05) is 5.73 Å². The second kappa shape index (κ2) is 5.33. The summed E-state index contributed by atoms with van der Waals surface area (Å²) in [6.07, 6.45) is 0.866. The zero-order valence-electron chi connectivity index (χ0n) is 9.51. The Labute approximate surface area is 116 Å². The maximum absolute atomic E-state index is 11.1. The molecule has 21 heavy (non-hydrogen) atoms. The van der Waals surface area contributed by atoms with E-state index >= 15 is 0 Å². The highest BCUT2D eigenvalue weighted by atomic mass is 32.3. The van der Waals surface area contributed by atoms with Gasteiger partial charge in [0.15, 0.2) is 11.5 Å². The van der Waals surface area contributed by atoms with Crippen LogP contribution >= 0.6 is 15.7 Å². The molecule has 0 aromatic carbocycles. The molecule has 0 saturated carbocycles. The first-order valence-corrected chi connectivity index (χ1v) is 8.19. The largest absolute Gasteiger partial charge is 0.486 e. The highest BCUT2D eigenvalue weighted by molar-refractivity contribution is 7.85. The van der Waals surface area contributed by atoms with Crippen LogP contribution in [0.5, 0.6) is 6.01 Å². The van der Waals surface area contributed by atoms with Crippen molar-refractivity contribution in [1.82, 2.24) is 19.3 Å². The number of imidazole rings is 1. The number of fused-ring (bicyclic) bond motifs is 1. The van der Waals surface area contributed by atoms with Crippen LogP contribution in [0.15, 0.2) is 6.33 Å². The standard InChI is InChI=1S/C5H3N5O8P2S/c6-3-2-4(7-1-10(2)19(11)12)9-5(8-3)17-21(15,16)18-20(13)14/h1H,(H2,6,8,9). The van der Waals surface area contributed by atoms with Gasteiger partial charge in [-0.25, -0.2) is 27.6 Å². The van der Waals surface area contributed by atoms with Crippen LogP contribution in [0, 0.1) is 0 Å². The Morgan fingerprint density at radius 3 is 2.43 bits per heavy atom. The van der Waals surface area contributed by atoms with Crippen molar-refractivity contribution < 1.29 is 34.8 Å². The number of aromatic nitrogens is 4. The summed E-state index contributed by atoms with van der Waals surface area (Å²) >= 11 is 0. The molecule has 0 aliphatic heterocycles. The Hall–Kier alpha value is -2.14. The zero-order valence-corrected chi connectivity index (χ0v) is 12.1. The van der Waals surface area contributed by atoms with Gasteiger partial charge in [0.05, 0.1) is 0 Å². The summed E-state index contributed by atoms with van der Waals surface area (Å²) < 4.78 is 72.6. The molecule has 2 aromatic heterocycles. The predicted molar refractivity (Wildman–Crippen MR) is 62.4 cm³/mol. The molecular weight excluding hydrogens is 352 g/mol. The van der Waals surface area contributed by atoms with Crippen molar-refractivity contribution >= 4 is 43.1 Å². The van der Waals surface area contributed by atoms with Gasteiger partial charge in [-0.05, 0) is 0 Å². The lowest BCUT2D eigenvalue weighted by Gasteiger charge is -2.02. The molecule has 2 aromatic rings. The van der Waals surface area contributed by atoms with Gasteiger partial charge in [-0.2, -0.15) is 18.4 Å². The lowest BCUT2D eigenvalue weighted by Crippen LogP contribution is -2.12. The Bertz CT molecular complexity index is 943. The van der Waals surface area contributed by atoms with Crippen LogP contribution < -0.4 is 9.92 Å². The topological polar surface area (TPSA) is 190 Å². The van der Waals surface area contributed by atoms with Crippen molar-refractivity contribution in [3.8, 4) is 6.01 Å². The van der Waals surface area contributed by atoms with E-state index in [0.717, 1.165) is 6.33 Å². The average Bonchev–Trinajstić information content (AvgIpc) is 2.70. The molecule has 0 bridgehead atoms. The average molecular weight is 355 g/mol. The van der Waals surface area contributed by atoms with E-state index in [4.69, 9.17) is 5.73 Å². The summed E-state index contributed by atoms with van der Waals surface area (Å²) in [4.78, 5) is 10.4. The number of hydrogen-bond donors (Lipinski definition) is 1. The van der Waals surface area contributed by atoms with E-state index in [2.05, 4.69) is 23.1 Å². The van der Waals surface area contributed by atoms with E-state index in [9.17, 15) is 26.7 Å². The van der Waals surface area contributed by atoms with E-state index in [1.807, 2.05) is 0 Å². The van der Waals surface area contributed by atoms with Gasteiger partial charge in [-0.3, -0.25) is 0 Å². The molecule has 0 unspecified atom stereocenters. The molecule has 0 atom stereocenters. The van der Waals surface area contributed by atoms with Gasteiger partial charge in [0, 0.05) is 0 Å². The fourth-order valence-electron chi connectivity index (χ4n) is 1.26. The molecule has 2 rings (SSSR count). The molecule has 112 valence electrons. The minimum Gasteiger partial charge on any atom is -0.382 e. The summed E-state index contributed by atoms with van der Waals surface area (Å²) in [5.74, 6) is -0.451. The zero-order chi connectivity index (χ0) is 15.8. The molecule has 2 N–H and O–H groups in total. The lowest BCUT2D eigenvalue weighted by atomic mass is 10.5. The van der Waals surface area contributed by atoms with Crippen LogP contribution in [0.2, 0.25) is 0 Å². The van der Waals surface area contributed by atoms with Gasteiger partial charge in [0.25, 0.3) is 0 Å². The van der Waals surface area contributed by atoms with Gasteiger partial charge in [-0.1, -0.05) is 0 Å². The number of nitrogens with two attached hydrogens (primary N) is 1. The van der Waals surface area contributed by atoms with Gasteiger partial charge < -0.3 is 9.92 Å². The predicted octanol–water partition coefficient (Wildman–Crippen LogP) is 0.0726. The van der Waals surface area contributed by atoms with Crippen LogP contribution in [0.3, 0.4) is 0 Å². The van der Waals surface area contributed by atoms with Crippen molar-refractivity contribution in [2.45, 2.75) is 0 Å². The van der Waals surface area contributed by atoms with Crippen LogP contribution in [0.4, 0.5) is 5.82 Å². The normalized spacial score (nSPS) is 11.4. The summed E-state index contributed by atoms with van der Waals surface area (Å²) in [5.41, 5.74) is 4.98. The van der Waals surface area contributed by atoms with Crippen molar-refractivity contribution in [1.29, 1.82) is 0 Å². The Kier molecular flexibility index (Phi) is 3.87. The first-order chi connectivity index (χ1) is 9.69. The third-order valence-corrected chi connectivity index (χ3v) is 4.12. The fraction of sp³-hybridized carbons (Fsp3) is 0. The summed E-state index contributed by atoms with van der Waals surface area (Å²) in [6.45, 7) is 0. The van der Waals surface area contributed by atoms with Crippen LogP contribution in [-0.4, -0.2) is 27.7 Å². The Balaban J connectivity index is 2.49. The summed E-state index contributed by atoms with van der Waals surface area (Å²) in [6, 6.07) is -0.886. The van der Waals surface area contributed by atoms with Gasteiger partial charge >= 0.3 is 32.1 Å². The van der Waals surface area contributed by atoms with E-state index in [1.165, 1.54) is 0 Å². The van der Waals surface area contributed by atoms with E-state index in [0.29, 0.717) is 4.34 Å². The molecule has 0 fully saturated rings. The molecule has 0 radical (unpaired) electrons. The third-order valence-electron chi connectivity index (χ3n) is 1.90. The van der Waals surface area contributed by atoms with Crippen molar-refractivity contribution in [2.24, 2.45) is 0 Å². The van der Waals surface area contributed by atoms with Gasteiger partial charge in [0.1, 0.15) is 11.8 Å². The number of rotatable bonds is 5. The number of nitrogens with zero attached hydrogens (tertiary/aromatic N) is 4. The highest BCUT2D eigenvalue weighted by Crippen LogP contribution is 2.25. The number of hydrogen-bond acceptors (Lipinski definition) is 12. The van der Waals surface area contributed by atoms with Gasteiger partial charge in [-0.15, -0.1) is 3.97 Å². The number of nitrogen functional groups attached to an aromatic ring is 1. The van der Waals surface area contributed by atoms with Gasteiger partial charge in [0.2, 0.25) is 0 Å². The molecule has 0 saturated heterocycles. The maximum Gasteiger partial charge on any atom is 0.486 e. The van der Waals surface area contributed by atoms with Crippen LogP contribution in [0.25, 0.3) is 11.2 Å². The van der Waals surface area contributed by atoms with E-state index in [1.54, 1.807) is 0 Å². The SMILES string of the molecule is Nc1nc(OS(=O)(=O)OP(=O)=O)nc2ncn(P(=O)=O)c12. The monoisotopic (exact) mass is 355 g/mol. The Morgan fingerprint density at radius 1 is 1.19 bits per heavy atom. The molecular formula is C5H3N5O8P2S. The van der Waals surface area contributed by atoms with Crippen LogP contribution in [0.1, 0.15) is 0 Å². The second-order valence-corrected chi connectivity index (χ2v) is 6.11. The van der Waals surface area contributed by atoms with Crippen molar-refractivity contribution in [3.63, 3.8) is 0 Å². The molecule has 0 aliphatic carbocycles. The van der Waals surface area contributed by atoms with E-state index < -0.39 is 38.0 Å².